The van der Waals surface area contributed by atoms with Crippen LogP contribution in [-0.2, 0) is 10.4 Å². The summed E-state index contributed by atoms with van der Waals surface area (Å²) >= 11 is 5.95. The number of hydrogen-bond donors (Lipinski definition) is 3. The summed E-state index contributed by atoms with van der Waals surface area (Å²) < 4.78 is 5.04. The lowest BCUT2D eigenvalue weighted by Gasteiger charge is -2.27. The van der Waals surface area contributed by atoms with Crippen molar-refractivity contribution in [2.75, 3.05) is 7.11 Å². The van der Waals surface area contributed by atoms with E-state index in [-0.39, 0.29) is 16.5 Å². The number of halogens is 1. The fourth-order valence-electron chi connectivity index (χ4n) is 2.86. The van der Waals surface area contributed by atoms with E-state index in [4.69, 9.17) is 16.3 Å². The Morgan fingerprint density at radius 1 is 1.07 bits per heavy atom. The van der Waals surface area contributed by atoms with Crippen LogP contribution in [0.25, 0.3) is 0 Å². The molecule has 7 heteroatoms. The van der Waals surface area contributed by atoms with Gasteiger partial charge in [-0.25, -0.2) is 5.43 Å². The third kappa shape index (κ3) is 4.23. The van der Waals surface area contributed by atoms with Crippen LogP contribution >= 0.6 is 11.6 Å². The molecule has 6 nitrogen and oxygen atoms in total. The van der Waals surface area contributed by atoms with Gasteiger partial charge in [0, 0.05) is 0 Å². The smallest absolute Gasteiger partial charge is 0.281 e. The zero-order valence-electron chi connectivity index (χ0n) is 15.5. The van der Waals surface area contributed by atoms with Crippen molar-refractivity contribution in [3.05, 3.63) is 94.5 Å². The SMILES string of the molecule is COc1cc(/C=N\NC(=O)C(O)(c2ccccc2)c2ccccc2)cc(Cl)c1O. The fourth-order valence-corrected chi connectivity index (χ4v) is 3.08. The first-order valence-corrected chi connectivity index (χ1v) is 9.08. The van der Waals surface area contributed by atoms with E-state index in [1.54, 1.807) is 60.7 Å². The lowest BCUT2D eigenvalue weighted by atomic mass is 9.85. The first kappa shape index (κ1) is 20.4. The molecule has 3 aromatic carbocycles. The third-order valence-electron chi connectivity index (χ3n) is 4.36. The highest BCUT2D eigenvalue weighted by atomic mass is 35.5. The van der Waals surface area contributed by atoms with E-state index in [0.29, 0.717) is 16.7 Å². The molecule has 148 valence electrons. The van der Waals surface area contributed by atoms with Crippen molar-refractivity contribution in [1.29, 1.82) is 0 Å². The van der Waals surface area contributed by atoms with E-state index < -0.39 is 11.5 Å². The standard InChI is InChI=1S/C22H19ClN2O4/c1-29-19-13-15(12-18(23)20(19)26)14-24-25-21(27)22(28,16-8-4-2-5-9-16)17-10-6-3-7-11-17/h2-14,26,28H,1H3,(H,25,27)/b24-14-. The summed E-state index contributed by atoms with van der Waals surface area (Å²) in [5, 5.41) is 25.1. The van der Waals surface area contributed by atoms with E-state index in [9.17, 15) is 15.0 Å². The summed E-state index contributed by atoms with van der Waals surface area (Å²) in [6.07, 6.45) is 1.34. The number of hydrazone groups is 1. The minimum absolute atomic E-state index is 0.0854. The quantitative estimate of drug-likeness (QED) is 0.429. The molecule has 0 spiro atoms. The molecule has 0 heterocycles. The highest BCUT2D eigenvalue weighted by Gasteiger charge is 2.39. The van der Waals surface area contributed by atoms with Crippen LogP contribution in [0.5, 0.6) is 11.5 Å². The molecular weight excluding hydrogens is 392 g/mol. The van der Waals surface area contributed by atoms with Crippen LogP contribution in [0.4, 0.5) is 0 Å². The van der Waals surface area contributed by atoms with Gasteiger partial charge in [-0.3, -0.25) is 4.79 Å². The summed E-state index contributed by atoms with van der Waals surface area (Å²) in [6, 6.07) is 20.2. The number of ether oxygens (including phenoxy) is 1. The zero-order valence-corrected chi connectivity index (χ0v) is 16.3. The van der Waals surface area contributed by atoms with Gasteiger partial charge in [-0.05, 0) is 28.8 Å². The molecule has 0 aromatic heterocycles. The summed E-state index contributed by atoms with van der Waals surface area (Å²) in [5.74, 6) is -0.726. The number of phenols is 1. The Labute approximate surface area is 173 Å². The minimum atomic E-state index is -1.93. The van der Waals surface area contributed by atoms with Crippen molar-refractivity contribution in [3.8, 4) is 11.5 Å². The predicted molar refractivity (Wildman–Crippen MR) is 111 cm³/mol. The van der Waals surface area contributed by atoms with Gasteiger partial charge in [0.05, 0.1) is 18.3 Å². The molecule has 3 rings (SSSR count). The highest BCUT2D eigenvalue weighted by molar-refractivity contribution is 6.32. The first-order valence-electron chi connectivity index (χ1n) is 8.70. The number of amides is 1. The van der Waals surface area contributed by atoms with Crippen molar-refractivity contribution in [2.45, 2.75) is 5.60 Å². The maximum Gasteiger partial charge on any atom is 0.281 e. The average Bonchev–Trinajstić information content (AvgIpc) is 2.76. The van der Waals surface area contributed by atoms with Gasteiger partial charge in [-0.15, -0.1) is 0 Å². The Morgan fingerprint density at radius 2 is 1.62 bits per heavy atom. The molecule has 0 fully saturated rings. The normalized spacial score (nSPS) is 11.4. The zero-order chi connectivity index (χ0) is 20.9. The Kier molecular flexibility index (Phi) is 6.16. The maximum atomic E-state index is 12.9. The minimum Gasteiger partial charge on any atom is -0.503 e. The van der Waals surface area contributed by atoms with Gasteiger partial charge in [-0.2, -0.15) is 5.10 Å². The molecule has 0 bridgehead atoms. The summed E-state index contributed by atoms with van der Waals surface area (Å²) in [6.45, 7) is 0. The van der Waals surface area contributed by atoms with Crippen molar-refractivity contribution in [2.24, 2.45) is 5.10 Å². The second-order valence-corrected chi connectivity index (χ2v) is 6.60. The lowest BCUT2D eigenvalue weighted by molar-refractivity contribution is -0.136. The van der Waals surface area contributed by atoms with Gasteiger partial charge in [0.25, 0.3) is 5.91 Å². The Balaban J connectivity index is 1.89. The number of phenolic OH excluding ortho intramolecular Hbond substituents is 1. The molecule has 3 N–H and O–H groups in total. The lowest BCUT2D eigenvalue weighted by Crippen LogP contribution is -2.43. The molecule has 29 heavy (non-hydrogen) atoms. The molecule has 0 aliphatic carbocycles. The van der Waals surface area contributed by atoms with Crippen LogP contribution in [0.3, 0.4) is 0 Å². The number of aliphatic hydroxyl groups is 1. The molecule has 0 saturated carbocycles. The number of carbonyl (C=O) groups is 1. The van der Waals surface area contributed by atoms with E-state index in [1.165, 1.54) is 25.5 Å². The van der Waals surface area contributed by atoms with Gasteiger partial charge in [-0.1, -0.05) is 72.3 Å². The van der Waals surface area contributed by atoms with Gasteiger partial charge < -0.3 is 14.9 Å². The molecular formula is C22H19ClN2O4. The van der Waals surface area contributed by atoms with Crippen molar-refractivity contribution in [1.82, 2.24) is 5.43 Å². The number of carbonyl (C=O) groups excluding carboxylic acids is 1. The molecule has 0 aliphatic rings. The van der Waals surface area contributed by atoms with E-state index in [2.05, 4.69) is 10.5 Å². The summed E-state index contributed by atoms with van der Waals surface area (Å²) in [5.41, 5.74) is 1.76. The Bertz CT molecular complexity index is 984. The van der Waals surface area contributed by atoms with Gasteiger partial charge in [0.1, 0.15) is 0 Å². The van der Waals surface area contributed by atoms with Gasteiger partial charge in [0.15, 0.2) is 17.1 Å². The molecule has 0 unspecified atom stereocenters. The van der Waals surface area contributed by atoms with Crippen LogP contribution in [0.15, 0.2) is 77.9 Å². The largest absolute Gasteiger partial charge is 0.503 e. The van der Waals surface area contributed by atoms with Crippen LogP contribution in [-0.4, -0.2) is 29.4 Å². The summed E-state index contributed by atoms with van der Waals surface area (Å²) in [4.78, 5) is 12.9. The number of benzene rings is 3. The molecule has 0 saturated heterocycles. The Morgan fingerprint density at radius 3 is 2.14 bits per heavy atom. The topological polar surface area (TPSA) is 91.2 Å². The molecule has 0 radical (unpaired) electrons. The second-order valence-electron chi connectivity index (χ2n) is 6.20. The van der Waals surface area contributed by atoms with Crippen molar-refractivity contribution in [3.63, 3.8) is 0 Å². The molecule has 0 atom stereocenters. The molecule has 3 aromatic rings. The number of nitrogens with zero attached hydrogens (tertiary/aromatic N) is 1. The van der Waals surface area contributed by atoms with E-state index in [1.807, 2.05) is 0 Å². The highest BCUT2D eigenvalue weighted by Crippen LogP contribution is 2.34. The molecule has 1 amide bonds. The fraction of sp³-hybridized carbons (Fsp3) is 0.0909. The first-order chi connectivity index (χ1) is 14.0. The number of hydrogen-bond acceptors (Lipinski definition) is 5. The number of rotatable bonds is 6. The maximum absolute atomic E-state index is 12.9. The Hall–Kier alpha value is -3.35. The second kappa shape index (κ2) is 8.77. The number of nitrogens with one attached hydrogen (secondary N) is 1. The summed E-state index contributed by atoms with van der Waals surface area (Å²) in [7, 11) is 1.40. The van der Waals surface area contributed by atoms with Crippen LogP contribution in [0, 0.1) is 0 Å². The van der Waals surface area contributed by atoms with Crippen molar-refractivity contribution < 1.29 is 19.7 Å². The van der Waals surface area contributed by atoms with Crippen LogP contribution < -0.4 is 10.2 Å². The number of aromatic hydroxyl groups is 1. The van der Waals surface area contributed by atoms with Crippen LogP contribution in [0.1, 0.15) is 16.7 Å². The third-order valence-corrected chi connectivity index (χ3v) is 4.65. The van der Waals surface area contributed by atoms with E-state index >= 15 is 0 Å². The molecule has 0 aliphatic heterocycles. The average molecular weight is 411 g/mol. The van der Waals surface area contributed by atoms with E-state index in [0.717, 1.165) is 0 Å². The number of methoxy groups -OCH3 is 1. The van der Waals surface area contributed by atoms with Crippen molar-refractivity contribution >= 4 is 23.7 Å². The monoisotopic (exact) mass is 410 g/mol. The van der Waals surface area contributed by atoms with Gasteiger partial charge in [0.2, 0.25) is 0 Å². The van der Waals surface area contributed by atoms with Crippen LogP contribution in [0.2, 0.25) is 5.02 Å². The van der Waals surface area contributed by atoms with Gasteiger partial charge >= 0.3 is 0 Å². The predicted octanol–water partition coefficient (Wildman–Crippen LogP) is 3.44.